The Morgan fingerprint density at radius 2 is 2.00 bits per heavy atom. The summed E-state index contributed by atoms with van der Waals surface area (Å²) in [6, 6.07) is 3.44. The Bertz CT molecular complexity index is 589. The number of aryl methyl sites for hydroxylation is 1. The van der Waals surface area contributed by atoms with Crippen LogP contribution >= 0.6 is 11.6 Å². The summed E-state index contributed by atoms with van der Waals surface area (Å²) in [6.45, 7) is 4.50. The first-order chi connectivity index (χ1) is 10.5. The van der Waals surface area contributed by atoms with Crippen molar-refractivity contribution in [3.05, 3.63) is 22.7 Å². The average Bonchev–Trinajstić information content (AvgIpc) is 3.28. The predicted octanol–water partition coefficient (Wildman–Crippen LogP) is 2.76. The first kappa shape index (κ1) is 16.6. The highest BCUT2D eigenvalue weighted by atomic mass is 35.5. The molecule has 1 aromatic carbocycles. The molecule has 0 aromatic heterocycles. The van der Waals surface area contributed by atoms with E-state index >= 15 is 0 Å². The predicted molar refractivity (Wildman–Crippen MR) is 86.3 cm³/mol. The van der Waals surface area contributed by atoms with Gasteiger partial charge in [0.25, 0.3) is 0 Å². The molecular formula is C16H21ClN2O3. The molecule has 2 N–H and O–H groups in total. The zero-order chi connectivity index (χ0) is 16.3. The SMILES string of the molecule is CCCNC(=O)C1CC1C(=O)Nc1cc(C)c(Cl)cc1OC. The number of methoxy groups -OCH3 is 1. The van der Waals surface area contributed by atoms with Gasteiger partial charge in [-0.1, -0.05) is 18.5 Å². The van der Waals surface area contributed by atoms with Gasteiger partial charge in [-0.05, 0) is 31.4 Å². The van der Waals surface area contributed by atoms with Crippen LogP contribution in [0.3, 0.4) is 0 Å². The van der Waals surface area contributed by atoms with Gasteiger partial charge >= 0.3 is 0 Å². The molecule has 5 nitrogen and oxygen atoms in total. The molecule has 1 saturated carbocycles. The van der Waals surface area contributed by atoms with Crippen molar-refractivity contribution in [1.29, 1.82) is 0 Å². The smallest absolute Gasteiger partial charge is 0.228 e. The van der Waals surface area contributed by atoms with E-state index in [2.05, 4.69) is 10.6 Å². The topological polar surface area (TPSA) is 67.4 Å². The van der Waals surface area contributed by atoms with Gasteiger partial charge in [0.2, 0.25) is 11.8 Å². The van der Waals surface area contributed by atoms with Crippen LogP contribution in [0, 0.1) is 18.8 Å². The van der Waals surface area contributed by atoms with E-state index in [0.29, 0.717) is 29.4 Å². The van der Waals surface area contributed by atoms with Crippen molar-refractivity contribution in [1.82, 2.24) is 5.32 Å². The van der Waals surface area contributed by atoms with Crippen molar-refractivity contribution < 1.29 is 14.3 Å². The molecule has 0 aliphatic heterocycles. The molecule has 22 heavy (non-hydrogen) atoms. The lowest BCUT2D eigenvalue weighted by Gasteiger charge is -2.12. The van der Waals surface area contributed by atoms with Crippen molar-refractivity contribution in [2.45, 2.75) is 26.7 Å². The lowest BCUT2D eigenvalue weighted by atomic mass is 10.2. The Morgan fingerprint density at radius 1 is 1.32 bits per heavy atom. The highest BCUT2D eigenvalue weighted by molar-refractivity contribution is 6.31. The molecule has 6 heteroatoms. The van der Waals surface area contributed by atoms with Crippen LogP contribution < -0.4 is 15.4 Å². The van der Waals surface area contributed by atoms with E-state index < -0.39 is 0 Å². The number of halogens is 1. The monoisotopic (exact) mass is 324 g/mol. The van der Waals surface area contributed by atoms with E-state index in [1.54, 1.807) is 12.1 Å². The maximum atomic E-state index is 12.2. The number of carbonyl (C=O) groups excluding carboxylic acids is 2. The number of ether oxygens (including phenoxy) is 1. The van der Waals surface area contributed by atoms with E-state index in [-0.39, 0.29) is 23.7 Å². The average molecular weight is 325 g/mol. The van der Waals surface area contributed by atoms with E-state index in [1.165, 1.54) is 7.11 Å². The minimum atomic E-state index is -0.266. The third-order valence-corrected chi connectivity index (χ3v) is 4.16. The zero-order valence-electron chi connectivity index (χ0n) is 13.0. The van der Waals surface area contributed by atoms with Crippen molar-refractivity contribution >= 4 is 29.1 Å². The zero-order valence-corrected chi connectivity index (χ0v) is 13.8. The summed E-state index contributed by atoms with van der Waals surface area (Å²) in [7, 11) is 1.52. The van der Waals surface area contributed by atoms with Gasteiger partial charge < -0.3 is 15.4 Å². The number of carbonyl (C=O) groups is 2. The van der Waals surface area contributed by atoms with Crippen molar-refractivity contribution in [2.75, 3.05) is 19.0 Å². The molecule has 2 unspecified atom stereocenters. The molecule has 0 radical (unpaired) electrons. The van der Waals surface area contributed by atoms with Crippen LogP contribution in [0.15, 0.2) is 12.1 Å². The maximum absolute atomic E-state index is 12.2. The van der Waals surface area contributed by atoms with Gasteiger partial charge in [-0.25, -0.2) is 0 Å². The number of benzene rings is 1. The Labute approximate surface area is 135 Å². The van der Waals surface area contributed by atoms with Gasteiger partial charge in [-0.3, -0.25) is 9.59 Å². The molecular weight excluding hydrogens is 304 g/mol. The maximum Gasteiger partial charge on any atom is 0.228 e. The minimum Gasteiger partial charge on any atom is -0.495 e. The van der Waals surface area contributed by atoms with Crippen LogP contribution in [0.1, 0.15) is 25.3 Å². The Hall–Kier alpha value is -1.75. The quantitative estimate of drug-likeness (QED) is 0.845. The Balaban J connectivity index is 1.99. The minimum absolute atomic E-state index is 0.0405. The van der Waals surface area contributed by atoms with Crippen LogP contribution in [0.5, 0.6) is 5.75 Å². The van der Waals surface area contributed by atoms with Gasteiger partial charge in [0.1, 0.15) is 5.75 Å². The van der Waals surface area contributed by atoms with Crippen molar-refractivity contribution in [3.8, 4) is 5.75 Å². The number of nitrogens with one attached hydrogen (secondary N) is 2. The molecule has 0 saturated heterocycles. The van der Waals surface area contributed by atoms with Crippen molar-refractivity contribution in [2.24, 2.45) is 11.8 Å². The lowest BCUT2D eigenvalue weighted by molar-refractivity contribution is -0.125. The molecule has 1 fully saturated rings. The van der Waals surface area contributed by atoms with Crippen LogP contribution in [0.4, 0.5) is 5.69 Å². The van der Waals surface area contributed by atoms with Crippen molar-refractivity contribution in [3.63, 3.8) is 0 Å². The highest BCUT2D eigenvalue weighted by Crippen LogP contribution is 2.40. The largest absolute Gasteiger partial charge is 0.495 e. The van der Waals surface area contributed by atoms with E-state index in [0.717, 1.165) is 12.0 Å². The molecule has 1 aromatic rings. The van der Waals surface area contributed by atoms with Gasteiger partial charge in [0.15, 0.2) is 0 Å². The normalized spacial score (nSPS) is 19.5. The molecule has 0 spiro atoms. The molecule has 2 atom stereocenters. The van der Waals surface area contributed by atoms with Gasteiger partial charge in [-0.2, -0.15) is 0 Å². The first-order valence-electron chi connectivity index (χ1n) is 7.40. The fourth-order valence-electron chi connectivity index (χ4n) is 2.31. The summed E-state index contributed by atoms with van der Waals surface area (Å²) >= 11 is 6.04. The van der Waals surface area contributed by atoms with Gasteiger partial charge in [0.05, 0.1) is 24.6 Å². The molecule has 120 valence electrons. The Morgan fingerprint density at radius 3 is 2.64 bits per heavy atom. The Kier molecular flexibility index (Phi) is 5.29. The number of amides is 2. The summed E-state index contributed by atoms with van der Waals surface area (Å²) in [5.41, 5.74) is 1.43. The molecule has 1 aliphatic carbocycles. The highest BCUT2D eigenvalue weighted by Gasteiger charge is 2.48. The van der Waals surface area contributed by atoms with Crippen LogP contribution in [-0.4, -0.2) is 25.5 Å². The number of hydrogen-bond acceptors (Lipinski definition) is 3. The van der Waals surface area contributed by atoms with Gasteiger partial charge in [-0.15, -0.1) is 0 Å². The number of rotatable bonds is 6. The second-order valence-electron chi connectivity index (χ2n) is 5.53. The third-order valence-electron chi connectivity index (χ3n) is 3.75. The summed E-state index contributed by atoms with van der Waals surface area (Å²) in [4.78, 5) is 24.1. The number of anilines is 1. The molecule has 2 amide bonds. The van der Waals surface area contributed by atoms with Gasteiger partial charge in [0, 0.05) is 17.6 Å². The first-order valence-corrected chi connectivity index (χ1v) is 7.78. The van der Waals surface area contributed by atoms with E-state index in [1.807, 2.05) is 13.8 Å². The van der Waals surface area contributed by atoms with Crippen LogP contribution in [0.2, 0.25) is 5.02 Å². The summed E-state index contributed by atoms with van der Waals surface area (Å²) < 4.78 is 5.23. The summed E-state index contributed by atoms with van der Waals surface area (Å²) in [5.74, 6) is -0.169. The fourth-order valence-corrected chi connectivity index (χ4v) is 2.46. The van der Waals surface area contributed by atoms with E-state index in [9.17, 15) is 9.59 Å². The molecule has 2 rings (SSSR count). The lowest BCUT2D eigenvalue weighted by Crippen LogP contribution is -2.28. The standard InChI is InChI=1S/C16H21ClN2O3/c1-4-5-18-15(20)10-7-11(10)16(21)19-13-6-9(2)12(17)8-14(13)22-3/h6,8,10-11H,4-5,7H2,1-3H3,(H,18,20)(H,19,21). The van der Waals surface area contributed by atoms with E-state index in [4.69, 9.17) is 16.3 Å². The molecule has 1 aliphatic rings. The molecule has 0 bridgehead atoms. The summed E-state index contributed by atoms with van der Waals surface area (Å²) in [6.07, 6.45) is 1.48. The third kappa shape index (κ3) is 3.71. The second kappa shape index (κ2) is 7.01. The van der Waals surface area contributed by atoms with Crippen LogP contribution in [-0.2, 0) is 9.59 Å². The fraction of sp³-hybridized carbons (Fsp3) is 0.500. The second-order valence-corrected chi connectivity index (χ2v) is 5.94. The van der Waals surface area contributed by atoms with Crippen LogP contribution in [0.25, 0.3) is 0 Å². The number of hydrogen-bond donors (Lipinski definition) is 2. The molecule has 0 heterocycles. The summed E-state index contributed by atoms with van der Waals surface area (Å²) in [5, 5.41) is 6.23.